The summed E-state index contributed by atoms with van der Waals surface area (Å²) in [6.07, 6.45) is 9.07. The molecule has 0 radical (unpaired) electrons. The molecule has 2 saturated heterocycles. The topological polar surface area (TPSA) is 101 Å². The number of piperidine rings is 2. The number of nitrogens with one attached hydrogen (secondary N) is 2. The fraction of sp³-hybridized carbons (Fsp3) is 0.500. The number of nitrogens with zero attached hydrogens (tertiary/aromatic N) is 5. The van der Waals surface area contributed by atoms with E-state index in [1.54, 1.807) is 24.5 Å². The van der Waals surface area contributed by atoms with Crippen molar-refractivity contribution in [3.8, 4) is 6.07 Å². The molecule has 8 heteroatoms. The maximum Gasteiger partial charge on any atom is 0.317 e. The largest absolute Gasteiger partial charge is 0.355 e. The average molecular weight is 379 g/mol. The van der Waals surface area contributed by atoms with E-state index in [-0.39, 0.29) is 18.0 Å². The van der Waals surface area contributed by atoms with E-state index in [1.165, 1.54) is 0 Å². The molecule has 4 rings (SSSR count). The number of anilines is 1. The second kappa shape index (κ2) is 8.30. The van der Waals surface area contributed by atoms with Gasteiger partial charge in [-0.25, -0.2) is 14.8 Å². The van der Waals surface area contributed by atoms with Crippen LogP contribution in [-0.2, 0) is 0 Å². The Morgan fingerprint density at radius 2 is 2.07 bits per heavy atom. The summed E-state index contributed by atoms with van der Waals surface area (Å²) in [5.41, 5.74) is 0.599. The van der Waals surface area contributed by atoms with Gasteiger partial charge >= 0.3 is 6.03 Å². The van der Waals surface area contributed by atoms with Gasteiger partial charge in [0.1, 0.15) is 17.7 Å². The Balaban J connectivity index is 1.30. The predicted molar refractivity (Wildman–Crippen MR) is 105 cm³/mol. The lowest BCUT2D eigenvalue weighted by molar-refractivity contribution is 0.173. The maximum absolute atomic E-state index is 12.7. The van der Waals surface area contributed by atoms with Gasteiger partial charge < -0.3 is 20.1 Å². The van der Waals surface area contributed by atoms with E-state index in [2.05, 4.69) is 31.2 Å². The number of aromatic nitrogens is 3. The molecule has 2 aliphatic heterocycles. The number of amides is 2. The number of hydrogen-bond acceptors (Lipinski definition) is 5. The summed E-state index contributed by atoms with van der Waals surface area (Å²) in [4.78, 5) is 28.7. The number of urea groups is 1. The molecule has 8 nitrogen and oxygen atoms in total. The average Bonchev–Trinajstić information content (AvgIpc) is 3.29. The van der Waals surface area contributed by atoms with Gasteiger partial charge in [-0.2, -0.15) is 5.26 Å². The third-order valence-corrected chi connectivity index (χ3v) is 5.64. The van der Waals surface area contributed by atoms with Crippen LogP contribution in [0.5, 0.6) is 0 Å². The van der Waals surface area contributed by atoms with Crippen LogP contribution < -0.4 is 10.2 Å². The van der Waals surface area contributed by atoms with Crippen LogP contribution in [0.4, 0.5) is 10.6 Å². The molecule has 2 aliphatic rings. The number of rotatable bonds is 3. The van der Waals surface area contributed by atoms with Gasteiger partial charge in [0.2, 0.25) is 0 Å². The highest BCUT2D eigenvalue weighted by atomic mass is 16.2. The first kappa shape index (κ1) is 18.3. The van der Waals surface area contributed by atoms with Gasteiger partial charge in [0.05, 0.1) is 5.56 Å². The Morgan fingerprint density at radius 3 is 2.82 bits per heavy atom. The summed E-state index contributed by atoms with van der Waals surface area (Å²) in [5.74, 6) is 1.99. The van der Waals surface area contributed by atoms with Crippen molar-refractivity contribution < 1.29 is 4.79 Å². The molecule has 0 spiro atoms. The molecule has 0 bridgehead atoms. The fourth-order valence-corrected chi connectivity index (χ4v) is 4.12. The molecule has 2 fully saturated rings. The minimum absolute atomic E-state index is 0.0188. The summed E-state index contributed by atoms with van der Waals surface area (Å²) in [6.45, 7) is 3.07. The Kier molecular flexibility index (Phi) is 5.42. The zero-order chi connectivity index (χ0) is 19.3. The number of imidazole rings is 1. The predicted octanol–water partition coefficient (Wildman–Crippen LogP) is 2.23. The monoisotopic (exact) mass is 379 g/mol. The zero-order valence-corrected chi connectivity index (χ0v) is 15.8. The minimum Gasteiger partial charge on any atom is -0.355 e. The highest BCUT2D eigenvalue weighted by molar-refractivity contribution is 5.74. The molecule has 146 valence electrons. The number of nitriles is 1. The molecule has 0 aromatic carbocycles. The van der Waals surface area contributed by atoms with Crippen LogP contribution in [0, 0.1) is 11.3 Å². The summed E-state index contributed by atoms with van der Waals surface area (Å²) in [6, 6.07) is 5.96. The molecular weight excluding hydrogens is 354 g/mol. The third kappa shape index (κ3) is 3.93. The van der Waals surface area contributed by atoms with E-state index < -0.39 is 0 Å². The van der Waals surface area contributed by atoms with E-state index in [4.69, 9.17) is 0 Å². The standard InChI is InChI=1S/C20H25N7O/c21-13-15-3-1-7-24-19(15)26-11-5-17(6-12-26)25-20(28)27-10-2-4-16(14-27)18-22-8-9-23-18/h1,3,7-9,16-17H,2,4-6,10-12,14H2,(H,22,23)(H,25,28)/t16-/m1/s1. The highest BCUT2D eigenvalue weighted by Gasteiger charge is 2.29. The zero-order valence-electron chi connectivity index (χ0n) is 15.8. The van der Waals surface area contributed by atoms with Crippen molar-refractivity contribution in [1.82, 2.24) is 25.2 Å². The maximum atomic E-state index is 12.7. The summed E-state index contributed by atoms with van der Waals surface area (Å²) < 4.78 is 0. The van der Waals surface area contributed by atoms with E-state index in [0.29, 0.717) is 12.1 Å². The first-order valence-electron chi connectivity index (χ1n) is 9.89. The van der Waals surface area contributed by atoms with Gasteiger partial charge in [-0.1, -0.05) is 0 Å². The quantitative estimate of drug-likeness (QED) is 0.852. The molecular formula is C20H25N7O. The van der Waals surface area contributed by atoms with E-state index in [9.17, 15) is 10.1 Å². The second-order valence-corrected chi connectivity index (χ2v) is 7.46. The van der Waals surface area contributed by atoms with Crippen molar-refractivity contribution >= 4 is 11.8 Å². The van der Waals surface area contributed by atoms with Crippen molar-refractivity contribution in [2.45, 2.75) is 37.6 Å². The van der Waals surface area contributed by atoms with Crippen LogP contribution in [-0.4, -0.2) is 58.1 Å². The van der Waals surface area contributed by atoms with E-state index in [1.807, 2.05) is 11.1 Å². The summed E-state index contributed by atoms with van der Waals surface area (Å²) in [5, 5.41) is 12.5. The highest BCUT2D eigenvalue weighted by Crippen LogP contribution is 2.25. The lowest BCUT2D eigenvalue weighted by Gasteiger charge is -2.36. The number of carbonyl (C=O) groups excluding carboxylic acids is 1. The first-order chi connectivity index (χ1) is 13.7. The van der Waals surface area contributed by atoms with Crippen LogP contribution in [0.2, 0.25) is 0 Å². The van der Waals surface area contributed by atoms with Crippen LogP contribution in [0.15, 0.2) is 30.7 Å². The number of pyridine rings is 1. The molecule has 0 aliphatic carbocycles. The molecule has 2 N–H and O–H groups in total. The van der Waals surface area contributed by atoms with Crippen molar-refractivity contribution in [2.75, 3.05) is 31.1 Å². The van der Waals surface area contributed by atoms with Crippen LogP contribution in [0.1, 0.15) is 43.0 Å². The lowest BCUT2D eigenvalue weighted by Crippen LogP contribution is -2.51. The smallest absolute Gasteiger partial charge is 0.317 e. The normalized spacial score (nSPS) is 20.6. The van der Waals surface area contributed by atoms with E-state index in [0.717, 1.165) is 57.0 Å². The fourth-order valence-electron chi connectivity index (χ4n) is 4.12. The second-order valence-electron chi connectivity index (χ2n) is 7.46. The van der Waals surface area contributed by atoms with Crippen LogP contribution in [0.25, 0.3) is 0 Å². The molecule has 2 amide bonds. The molecule has 0 saturated carbocycles. The molecule has 2 aromatic rings. The first-order valence-corrected chi connectivity index (χ1v) is 9.89. The van der Waals surface area contributed by atoms with Crippen LogP contribution in [0.3, 0.4) is 0 Å². The van der Waals surface area contributed by atoms with Crippen LogP contribution >= 0.6 is 0 Å². The van der Waals surface area contributed by atoms with Crippen molar-refractivity contribution in [1.29, 1.82) is 5.26 Å². The Bertz CT molecular complexity index is 836. The number of aromatic amines is 1. The van der Waals surface area contributed by atoms with E-state index >= 15 is 0 Å². The lowest BCUT2D eigenvalue weighted by atomic mass is 9.97. The third-order valence-electron chi connectivity index (χ3n) is 5.64. The van der Waals surface area contributed by atoms with Crippen molar-refractivity contribution in [2.24, 2.45) is 0 Å². The summed E-state index contributed by atoms with van der Waals surface area (Å²) in [7, 11) is 0. The molecule has 4 heterocycles. The number of H-pyrrole nitrogens is 1. The number of hydrogen-bond donors (Lipinski definition) is 2. The molecule has 0 unspecified atom stereocenters. The SMILES string of the molecule is N#Cc1cccnc1N1CCC(NC(=O)N2CCC[C@@H](c3ncc[nH]3)C2)CC1. The Labute approximate surface area is 164 Å². The Hall–Kier alpha value is -3.08. The van der Waals surface area contributed by atoms with Crippen molar-refractivity contribution in [3.63, 3.8) is 0 Å². The molecule has 28 heavy (non-hydrogen) atoms. The van der Waals surface area contributed by atoms with Gasteiger partial charge in [-0.05, 0) is 37.8 Å². The van der Waals surface area contributed by atoms with Gasteiger partial charge in [-0.15, -0.1) is 0 Å². The number of carbonyl (C=O) groups is 1. The minimum atomic E-state index is 0.0188. The van der Waals surface area contributed by atoms with Gasteiger partial charge in [0, 0.05) is 56.7 Å². The molecule has 2 aromatic heterocycles. The van der Waals surface area contributed by atoms with Gasteiger partial charge in [0.15, 0.2) is 0 Å². The van der Waals surface area contributed by atoms with Gasteiger partial charge in [0.25, 0.3) is 0 Å². The molecule has 1 atom stereocenters. The number of likely N-dealkylation sites (tertiary alicyclic amines) is 1. The Morgan fingerprint density at radius 1 is 1.21 bits per heavy atom. The van der Waals surface area contributed by atoms with Gasteiger partial charge in [-0.3, -0.25) is 0 Å². The van der Waals surface area contributed by atoms with Crippen molar-refractivity contribution in [3.05, 3.63) is 42.1 Å². The summed E-state index contributed by atoms with van der Waals surface area (Å²) >= 11 is 0.